The smallest absolute Gasteiger partial charge is 0.233 e. The van der Waals surface area contributed by atoms with Gasteiger partial charge in [-0.3, -0.25) is 9.59 Å². The molecule has 96 valence electrons. The van der Waals surface area contributed by atoms with Crippen LogP contribution in [0.3, 0.4) is 0 Å². The Balaban J connectivity index is 2.07. The normalized spacial score (nSPS) is 24.4. The molecule has 0 heterocycles. The van der Waals surface area contributed by atoms with E-state index in [0.717, 1.165) is 0 Å². The molecule has 1 saturated carbocycles. The summed E-state index contributed by atoms with van der Waals surface area (Å²) in [5.74, 6) is -0.217. The second-order valence-corrected chi connectivity index (χ2v) is 6.28. The first kappa shape index (κ1) is 13.4. The van der Waals surface area contributed by atoms with Gasteiger partial charge >= 0.3 is 0 Å². The summed E-state index contributed by atoms with van der Waals surface area (Å²) >= 11 is 11.9. The molecule has 1 aliphatic rings. The Morgan fingerprint density at radius 2 is 1.72 bits per heavy atom. The standard InChI is InChI=1S/C13H13Cl2NO2/c1-8(17)9-3-5-10(6-4-9)16-11(18)12(2)7-13(12,14)15/h3-6H,7H2,1-2H3,(H,16,18)/t12-/m0/s1. The second-order valence-electron chi connectivity index (χ2n) is 4.80. The summed E-state index contributed by atoms with van der Waals surface area (Å²) in [4.78, 5) is 23.1. The number of anilines is 1. The van der Waals surface area contributed by atoms with E-state index in [1.807, 2.05) is 0 Å². The van der Waals surface area contributed by atoms with E-state index in [0.29, 0.717) is 17.7 Å². The molecule has 1 aromatic carbocycles. The zero-order chi connectivity index (χ0) is 13.6. The molecule has 1 fully saturated rings. The minimum atomic E-state index is -0.976. The van der Waals surface area contributed by atoms with Crippen LogP contribution in [-0.2, 0) is 4.79 Å². The Kier molecular flexibility index (Phi) is 3.16. The first-order chi connectivity index (χ1) is 8.26. The number of halogens is 2. The number of hydrogen-bond acceptors (Lipinski definition) is 2. The van der Waals surface area contributed by atoms with E-state index in [9.17, 15) is 9.59 Å². The van der Waals surface area contributed by atoms with Gasteiger partial charge in [0.2, 0.25) is 5.91 Å². The number of ketones is 1. The van der Waals surface area contributed by atoms with E-state index < -0.39 is 9.75 Å². The average Bonchev–Trinajstić information content (AvgIpc) is 2.80. The van der Waals surface area contributed by atoms with Gasteiger partial charge in [0, 0.05) is 11.3 Å². The van der Waals surface area contributed by atoms with Crippen molar-refractivity contribution in [2.45, 2.75) is 24.6 Å². The molecular formula is C13H13Cl2NO2. The van der Waals surface area contributed by atoms with E-state index in [1.165, 1.54) is 6.92 Å². The summed E-state index contributed by atoms with van der Waals surface area (Å²) in [6.45, 7) is 3.22. The van der Waals surface area contributed by atoms with Crippen molar-refractivity contribution in [2.24, 2.45) is 5.41 Å². The molecule has 0 bridgehead atoms. The number of Topliss-reactive ketones (excluding diaryl/α,β-unsaturated/α-hetero) is 1. The predicted molar refractivity (Wildman–Crippen MR) is 72.2 cm³/mol. The topological polar surface area (TPSA) is 46.2 Å². The summed E-state index contributed by atoms with van der Waals surface area (Å²) in [7, 11) is 0. The molecule has 0 aromatic heterocycles. The van der Waals surface area contributed by atoms with E-state index in [2.05, 4.69) is 5.32 Å². The molecule has 1 aromatic rings. The fraction of sp³-hybridized carbons (Fsp3) is 0.385. The molecular weight excluding hydrogens is 273 g/mol. The van der Waals surface area contributed by atoms with Gasteiger partial charge in [0.15, 0.2) is 5.78 Å². The summed E-state index contributed by atoms with van der Waals surface area (Å²) in [6, 6.07) is 6.71. The highest BCUT2D eigenvalue weighted by Gasteiger charge is 2.67. The van der Waals surface area contributed by atoms with Gasteiger partial charge in [0.25, 0.3) is 0 Å². The second kappa shape index (κ2) is 4.25. The summed E-state index contributed by atoms with van der Waals surface area (Å²) in [5.41, 5.74) is 0.493. The number of benzene rings is 1. The van der Waals surface area contributed by atoms with Crippen molar-refractivity contribution in [1.29, 1.82) is 0 Å². The molecule has 5 heteroatoms. The van der Waals surface area contributed by atoms with Crippen molar-refractivity contribution in [3.8, 4) is 0 Å². The molecule has 1 amide bonds. The number of hydrogen-bond donors (Lipinski definition) is 1. The van der Waals surface area contributed by atoms with Crippen molar-refractivity contribution >= 4 is 40.6 Å². The zero-order valence-electron chi connectivity index (χ0n) is 10.1. The van der Waals surface area contributed by atoms with Crippen LogP contribution in [0.25, 0.3) is 0 Å². The van der Waals surface area contributed by atoms with Gasteiger partial charge < -0.3 is 5.32 Å². The third-order valence-corrected chi connectivity index (χ3v) is 4.41. The van der Waals surface area contributed by atoms with Gasteiger partial charge in [-0.2, -0.15) is 0 Å². The van der Waals surface area contributed by atoms with Gasteiger partial charge in [-0.05, 0) is 44.5 Å². The fourth-order valence-electron chi connectivity index (χ4n) is 1.70. The van der Waals surface area contributed by atoms with Crippen LogP contribution < -0.4 is 5.32 Å². The summed E-state index contributed by atoms with van der Waals surface area (Å²) < 4.78 is -0.976. The molecule has 18 heavy (non-hydrogen) atoms. The van der Waals surface area contributed by atoms with Crippen LogP contribution >= 0.6 is 23.2 Å². The van der Waals surface area contributed by atoms with Crippen molar-refractivity contribution < 1.29 is 9.59 Å². The number of carbonyl (C=O) groups is 2. The van der Waals surface area contributed by atoms with Crippen molar-refractivity contribution in [3.05, 3.63) is 29.8 Å². The highest BCUT2D eigenvalue weighted by Crippen LogP contribution is 2.64. The fourth-order valence-corrected chi connectivity index (χ4v) is 2.41. The molecule has 2 rings (SSSR count). The van der Waals surface area contributed by atoms with Gasteiger partial charge in [-0.1, -0.05) is 0 Å². The Bertz CT molecular complexity index is 510. The molecule has 1 N–H and O–H groups in total. The zero-order valence-corrected chi connectivity index (χ0v) is 11.6. The molecule has 1 atom stereocenters. The average molecular weight is 286 g/mol. The monoisotopic (exact) mass is 285 g/mol. The third-order valence-electron chi connectivity index (χ3n) is 3.31. The molecule has 1 aliphatic carbocycles. The maximum Gasteiger partial charge on any atom is 0.233 e. The van der Waals surface area contributed by atoms with Crippen LogP contribution in [0.2, 0.25) is 0 Å². The van der Waals surface area contributed by atoms with Crippen LogP contribution in [0.4, 0.5) is 5.69 Å². The molecule has 0 radical (unpaired) electrons. The van der Waals surface area contributed by atoms with Crippen LogP contribution in [0.1, 0.15) is 30.6 Å². The summed E-state index contributed by atoms with van der Waals surface area (Å²) in [5, 5.41) is 2.75. The number of amides is 1. The first-order valence-electron chi connectivity index (χ1n) is 5.56. The molecule has 0 unspecified atom stereocenters. The van der Waals surface area contributed by atoms with Gasteiger partial charge in [-0.25, -0.2) is 0 Å². The third kappa shape index (κ3) is 2.25. The Morgan fingerprint density at radius 1 is 1.22 bits per heavy atom. The Morgan fingerprint density at radius 3 is 2.11 bits per heavy atom. The van der Waals surface area contributed by atoms with E-state index >= 15 is 0 Å². The SMILES string of the molecule is CC(=O)c1ccc(NC(=O)[C@]2(C)CC2(Cl)Cl)cc1. The quantitative estimate of drug-likeness (QED) is 0.683. The number of carbonyl (C=O) groups excluding carboxylic acids is 2. The summed E-state index contributed by atoms with van der Waals surface area (Å²) in [6.07, 6.45) is 0.445. The number of alkyl halides is 2. The molecule has 0 spiro atoms. The predicted octanol–water partition coefficient (Wildman–Crippen LogP) is 3.41. The minimum absolute atomic E-state index is 0.0115. The number of rotatable bonds is 3. The van der Waals surface area contributed by atoms with Crippen LogP contribution in [0, 0.1) is 5.41 Å². The molecule has 0 aliphatic heterocycles. The van der Waals surface area contributed by atoms with E-state index in [1.54, 1.807) is 31.2 Å². The molecule has 3 nitrogen and oxygen atoms in total. The van der Waals surface area contributed by atoms with Gasteiger partial charge in [0.1, 0.15) is 4.33 Å². The largest absolute Gasteiger partial charge is 0.326 e. The Labute approximate surface area is 115 Å². The van der Waals surface area contributed by atoms with Crippen molar-refractivity contribution in [1.82, 2.24) is 0 Å². The number of nitrogens with one attached hydrogen (secondary N) is 1. The van der Waals surface area contributed by atoms with Crippen LogP contribution in [-0.4, -0.2) is 16.0 Å². The Hall–Kier alpha value is -1.06. The van der Waals surface area contributed by atoms with Crippen molar-refractivity contribution in [2.75, 3.05) is 5.32 Å². The maximum atomic E-state index is 12.0. The minimum Gasteiger partial charge on any atom is -0.326 e. The van der Waals surface area contributed by atoms with E-state index in [4.69, 9.17) is 23.2 Å². The van der Waals surface area contributed by atoms with Crippen LogP contribution in [0.5, 0.6) is 0 Å². The maximum absolute atomic E-state index is 12.0. The lowest BCUT2D eigenvalue weighted by atomic mass is 10.1. The lowest BCUT2D eigenvalue weighted by molar-refractivity contribution is -0.120. The lowest BCUT2D eigenvalue weighted by Crippen LogP contribution is -2.25. The molecule has 0 saturated heterocycles. The van der Waals surface area contributed by atoms with Crippen molar-refractivity contribution in [3.63, 3.8) is 0 Å². The first-order valence-corrected chi connectivity index (χ1v) is 6.32. The van der Waals surface area contributed by atoms with E-state index in [-0.39, 0.29) is 11.7 Å². The van der Waals surface area contributed by atoms with Gasteiger partial charge in [0.05, 0.1) is 5.41 Å². The van der Waals surface area contributed by atoms with Crippen LogP contribution in [0.15, 0.2) is 24.3 Å². The highest BCUT2D eigenvalue weighted by molar-refractivity contribution is 6.53. The van der Waals surface area contributed by atoms with Gasteiger partial charge in [-0.15, -0.1) is 23.2 Å². The lowest BCUT2D eigenvalue weighted by Gasteiger charge is -2.12. The highest BCUT2D eigenvalue weighted by atomic mass is 35.5.